The molecule has 0 radical (unpaired) electrons. The van der Waals surface area contributed by atoms with Gasteiger partial charge >= 0.3 is 0 Å². The van der Waals surface area contributed by atoms with Crippen molar-refractivity contribution in [2.45, 2.75) is 65.6 Å². The SMILES string of the molecule is CCCC[C@H](O)CN(Cc1c(C)nn(-c2ccccc2)c1Oc1ccccc1)C(C)C. The molecule has 0 unspecified atom stereocenters. The number of rotatable bonds is 11. The molecule has 0 aliphatic rings. The van der Waals surface area contributed by atoms with Crippen LogP contribution in [0.2, 0.25) is 0 Å². The lowest BCUT2D eigenvalue weighted by molar-refractivity contribution is 0.0827. The fourth-order valence-electron chi connectivity index (χ4n) is 3.63. The second-order valence-corrected chi connectivity index (χ2v) is 8.35. The van der Waals surface area contributed by atoms with Crippen molar-refractivity contribution in [2.24, 2.45) is 0 Å². The van der Waals surface area contributed by atoms with E-state index in [1.54, 1.807) is 0 Å². The van der Waals surface area contributed by atoms with Gasteiger partial charge in [-0.05, 0) is 51.5 Å². The van der Waals surface area contributed by atoms with Crippen LogP contribution in [-0.2, 0) is 6.54 Å². The maximum absolute atomic E-state index is 10.5. The van der Waals surface area contributed by atoms with E-state index in [9.17, 15) is 5.11 Å². The normalized spacial score (nSPS) is 12.5. The Hall–Kier alpha value is -2.63. The number of para-hydroxylation sites is 2. The molecule has 1 N–H and O–H groups in total. The van der Waals surface area contributed by atoms with Crippen LogP contribution in [0.5, 0.6) is 11.6 Å². The minimum absolute atomic E-state index is 0.292. The number of aryl methyl sites for hydroxylation is 1. The molecule has 3 aromatic rings. The molecule has 0 amide bonds. The van der Waals surface area contributed by atoms with Gasteiger partial charge in [-0.3, -0.25) is 4.90 Å². The van der Waals surface area contributed by atoms with Crippen LogP contribution in [0.4, 0.5) is 0 Å². The van der Waals surface area contributed by atoms with Crippen LogP contribution >= 0.6 is 0 Å². The highest BCUT2D eigenvalue weighted by atomic mass is 16.5. The zero-order chi connectivity index (χ0) is 22.2. The maximum Gasteiger partial charge on any atom is 0.227 e. The molecule has 3 rings (SSSR count). The minimum atomic E-state index is -0.328. The monoisotopic (exact) mass is 421 g/mol. The highest BCUT2D eigenvalue weighted by Crippen LogP contribution is 2.32. The highest BCUT2D eigenvalue weighted by Gasteiger charge is 2.23. The minimum Gasteiger partial charge on any atom is -0.439 e. The van der Waals surface area contributed by atoms with E-state index in [2.05, 4.69) is 25.7 Å². The third-order valence-corrected chi connectivity index (χ3v) is 5.52. The molecule has 0 aliphatic carbocycles. The Kier molecular flexibility index (Phi) is 8.27. The van der Waals surface area contributed by atoms with E-state index in [1.165, 1.54) is 0 Å². The standard InChI is InChI=1S/C26H35N3O2/c1-5-6-15-23(30)18-28(20(2)3)19-25-21(4)27-29(22-13-9-7-10-14-22)26(25)31-24-16-11-8-12-17-24/h7-14,16-17,20,23,30H,5-6,15,18-19H2,1-4H3/t23-/m0/s1. The van der Waals surface area contributed by atoms with Crippen molar-refractivity contribution in [2.75, 3.05) is 6.54 Å². The van der Waals surface area contributed by atoms with Crippen LogP contribution in [0.15, 0.2) is 60.7 Å². The first-order valence-corrected chi connectivity index (χ1v) is 11.3. The van der Waals surface area contributed by atoms with E-state index in [0.29, 0.717) is 19.1 Å². The Bertz CT molecular complexity index is 923. The number of benzene rings is 2. The predicted molar refractivity (Wildman–Crippen MR) is 126 cm³/mol. The van der Waals surface area contributed by atoms with E-state index in [4.69, 9.17) is 9.84 Å². The van der Waals surface area contributed by atoms with Crippen molar-refractivity contribution in [3.8, 4) is 17.3 Å². The molecule has 5 nitrogen and oxygen atoms in total. The van der Waals surface area contributed by atoms with Gasteiger partial charge in [-0.2, -0.15) is 5.10 Å². The van der Waals surface area contributed by atoms with Gasteiger partial charge in [0.15, 0.2) is 0 Å². The number of aromatic nitrogens is 2. The first kappa shape index (κ1) is 23.0. The molecule has 166 valence electrons. The summed E-state index contributed by atoms with van der Waals surface area (Å²) >= 11 is 0. The van der Waals surface area contributed by atoms with Crippen LogP contribution in [0.3, 0.4) is 0 Å². The third-order valence-electron chi connectivity index (χ3n) is 5.52. The molecule has 0 saturated carbocycles. The van der Waals surface area contributed by atoms with Crippen LogP contribution in [0, 0.1) is 6.92 Å². The third kappa shape index (κ3) is 6.18. The number of nitrogens with zero attached hydrogens (tertiary/aromatic N) is 3. The summed E-state index contributed by atoms with van der Waals surface area (Å²) < 4.78 is 8.26. The van der Waals surface area contributed by atoms with Crippen LogP contribution < -0.4 is 4.74 Å². The molecule has 2 aromatic carbocycles. The largest absolute Gasteiger partial charge is 0.439 e. The second kappa shape index (κ2) is 11.1. The topological polar surface area (TPSA) is 50.5 Å². The van der Waals surface area contributed by atoms with Gasteiger partial charge in [0.05, 0.1) is 23.0 Å². The van der Waals surface area contributed by atoms with Crippen molar-refractivity contribution in [3.05, 3.63) is 71.9 Å². The molecule has 0 spiro atoms. The Morgan fingerprint density at radius 2 is 1.68 bits per heavy atom. The molecule has 1 heterocycles. The summed E-state index contributed by atoms with van der Waals surface area (Å²) in [7, 11) is 0. The Balaban J connectivity index is 1.95. The van der Waals surface area contributed by atoms with Gasteiger partial charge in [0.2, 0.25) is 5.88 Å². The molecule has 0 aliphatic heterocycles. The smallest absolute Gasteiger partial charge is 0.227 e. The van der Waals surface area contributed by atoms with Gasteiger partial charge in [0, 0.05) is 19.1 Å². The van der Waals surface area contributed by atoms with Crippen molar-refractivity contribution in [3.63, 3.8) is 0 Å². The average molecular weight is 422 g/mol. The Morgan fingerprint density at radius 3 is 2.29 bits per heavy atom. The quantitative estimate of drug-likeness (QED) is 0.429. The highest BCUT2D eigenvalue weighted by molar-refractivity contribution is 5.43. The summed E-state index contributed by atoms with van der Waals surface area (Å²) in [6.07, 6.45) is 2.64. The molecule has 0 saturated heterocycles. The first-order valence-electron chi connectivity index (χ1n) is 11.3. The van der Waals surface area contributed by atoms with Gasteiger partial charge < -0.3 is 9.84 Å². The van der Waals surface area contributed by atoms with Crippen LogP contribution in [0.1, 0.15) is 51.3 Å². The molecule has 0 bridgehead atoms. The predicted octanol–water partition coefficient (Wildman–Crippen LogP) is 5.73. The second-order valence-electron chi connectivity index (χ2n) is 8.35. The van der Waals surface area contributed by atoms with Crippen molar-refractivity contribution in [1.29, 1.82) is 0 Å². The number of ether oxygens (including phenoxy) is 1. The summed E-state index contributed by atoms with van der Waals surface area (Å²) in [6, 6.07) is 20.2. The van der Waals surface area contributed by atoms with Gasteiger partial charge in [-0.15, -0.1) is 0 Å². The number of hydrogen-bond donors (Lipinski definition) is 1. The summed E-state index contributed by atoms with van der Waals surface area (Å²) in [5, 5.41) is 15.4. The Morgan fingerprint density at radius 1 is 1.03 bits per heavy atom. The van der Waals surface area contributed by atoms with Gasteiger partial charge in [0.25, 0.3) is 0 Å². The van der Waals surface area contributed by atoms with Gasteiger partial charge in [-0.25, -0.2) is 4.68 Å². The van der Waals surface area contributed by atoms with Gasteiger partial charge in [0.1, 0.15) is 5.75 Å². The molecular weight excluding hydrogens is 386 g/mol. The van der Waals surface area contributed by atoms with Crippen molar-refractivity contribution < 1.29 is 9.84 Å². The fourth-order valence-corrected chi connectivity index (χ4v) is 3.63. The maximum atomic E-state index is 10.5. The molecule has 0 fully saturated rings. The lowest BCUT2D eigenvalue weighted by Gasteiger charge is -2.29. The van der Waals surface area contributed by atoms with E-state index in [0.717, 1.165) is 47.8 Å². The molecule has 1 aromatic heterocycles. The number of unbranched alkanes of at least 4 members (excludes halogenated alkanes) is 1. The lowest BCUT2D eigenvalue weighted by atomic mass is 10.1. The lowest BCUT2D eigenvalue weighted by Crippen LogP contribution is -2.37. The number of aliphatic hydroxyl groups is 1. The molecule has 1 atom stereocenters. The summed E-state index contributed by atoms with van der Waals surface area (Å²) in [6.45, 7) is 9.82. The van der Waals surface area contributed by atoms with Crippen LogP contribution in [-0.4, -0.2) is 38.5 Å². The van der Waals surface area contributed by atoms with E-state index >= 15 is 0 Å². The summed E-state index contributed by atoms with van der Waals surface area (Å²) in [5.74, 6) is 1.50. The summed E-state index contributed by atoms with van der Waals surface area (Å²) in [4.78, 5) is 2.30. The first-order chi connectivity index (χ1) is 15.0. The molecular formula is C26H35N3O2. The fraction of sp³-hybridized carbons (Fsp3) is 0.423. The van der Waals surface area contributed by atoms with E-state index in [1.807, 2.05) is 72.3 Å². The zero-order valence-electron chi connectivity index (χ0n) is 19.2. The van der Waals surface area contributed by atoms with E-state index < -0.39 is 0 Å². The van der Waals surface area contributed by atoms with Gasteiger partial charge in [-0.1, -0.05) is 56.2 Å². The Labute approximate surface area is 186 Å². The molecule has 31 heavy (non-hydrogen) atoms. The zero-order valence-corrected chi connectivity index (χ0v) is 19.2. The summed E-state index contributed by atoms with van der Waals surface area (Å²) in [5.41, 5.74) is 2.94. The van der Waals surface area contributed by atoms with Crippen LogP contribution in [0.25, 0.3) is 5.69 Å². The van der Waals surface area contributed by atoms with Crippen molar-refractivity contribution in [1.82, 2.24) is 14.7 Å². The van der Waals surface area contributed by atoms with Crippen molar-refractivity contribution >= 4 is 0 Å². The van der Waals surface area contributed by atoms with E-state index in [-0.39, 0.29) is 6.10 Å². The molecule has 5 heteroatoms. The number of aliphatic hydroxyl groups excluding tert-OH is 1. The number of hydrogen-bond acceptors (Lipinski definition) is 4. The average Bonchev–Trinajstić information content (AvgIpc) is 3.08.